The van der Waals surface area contributed by atoms with Crippen LogP contribution in [0.25, 0.3) is 49.5 Å². The number of hydrogen-bond acceptors (Lipinski definition) is 2. The Morgan fingerprint density at radius 2 is 1.43 bits per heavy atom. The molecular formula is C38H26O2. The number of allylic oxidation sites excluding steroid dienone is 3. The first-order valence-electron chi connectivity index (χ1n) is 14.2. The Morgan fingerprint density at radius 3 is 2.38 bits per heavy atom. The van der Waals surface area contributed by atoms with Gasteiger partial charge < -0.3 is 8.83 Å². The molecule has 9 rings (SSSR count). The molecule has 5 aromatic carbocycles. The number of para-hydroxylation sites is 1. The van der Waals surface area contributed by atoms with Gasteiger partial charge in [-0.3, -0.25) is 0 Å². The third kappa shape index (κ3) is 3.05. The Hall–Kier alpha value is -4.82. The molecule has 2 atom stereocenters. The first-order chi connectivity index (χ1) is 19.8. The summed E-state index contributed by atoms with van der Waals surface area (Å²) in [5.74, 6) is 0.685. The molecule has 2 aliphatic carbocycles. The van der Waals surface area contributed by atoms with Gasteiger partial charge in [0.05, 0.1) is 5.39 Å². The van der Waals surface area contributed by atoms with Crippen LogP contribution in [0.4, 0.5) is 0 Å². The topological polar surface area (TPSA) is 26.3 Å². The fourth-order valence-electron chi connectivity index (χ4n) is 7.34. The monoisotopic (exact) mass is 514 g/mol. The molecule has 2 heterocycles. The first kappa shape index (κ1) is 22.0. The molecule has 2 aliphatic rings. The molecule has 0 saturated carbocycles. The van der Waals surface area contributed by atoms with Crippen molar-refractivity contribution in [2.45, 2.75) is 18.8 Å². The highest BCUT2D eigenvalue weighted by Crippen LogP contribution is 2.52. The summed E-state index contributed by atoms with van der Waals surface area (Å²) >= 11 is 0. The van der Waals surface area contributed by atoms with Crippen molar-refractivity contribution in [3.05, 3.63) is 149 Å². The van der Waals surface area contributed by atoms with Crippen LogP contribution in [-0.4, -0.2) is 0 Å². The van der Waals surface area contributed by atoms with Gasteiger partial charge in [0.15, 0.2) is 0 Å². The van der Waals surface area contributed by atoms with Crippen LogP contribution in [0.1, 0.15) is 41.0 Å². The number of furan rings is 2. The van der Waals surface area contributed by atoms with Gasteiger partial charge in [-0.25, -0.2) is 0 Å². The van der Waals surface area contributed by atoms with Crippen LogP contribution in [0.15, 0.2) is 136 Å². The van der Waals surface area contributed by atoms with E-state index in [4.69, 9.17) is 8.83 Å². The maximum Gasteiger partial charge on any atom is 0.147 e. The van der Waals surface area contributed by atoms with E-state index in [1.165, 1.54) is 33.4 Å². The first-order valence-corrected chi connectivity index (χ1v) is 14.2. The van der Waals surface area contributed by atoms with E-state index in [9.17, 15) is 0 Å². The summed E-state index contributed by atoms with van der Waals surface area (Å²) in [5, 5.41) is 4.47. The summed E-state index contributed by atoms with van der Waals surface area (Å²) in [7, 11) is 0. The molecule has 7 aromatic rings. The van der Waals surface area contributed by atoms with Gasteiger partial charge in [-0.2, -0.15) is 0 Å². The van der Waals surface area contributed by atoms with E-state index < -0.39 is 0 Å². The number of fused-ring (bicyclic) bond motifs is 9. The minimum absolute atomic E-state index is 0.271. The molecule has 2 nitrogen and oxygen atoms in total. The molecule has 40 heavy (non-hydrogen) atoms. The third-order valence-electron chi connectivity index (χ3n) is 9.02. The van der Waals surface area contributed by atoms with E-state index in [-0.39, 0.29) is 5.92 Å². The third-order valence-corrected chi connectivity index (χ3v) is 9.02. The van der Waals surface area contributed by atoms with E-state index in [0.717, 1.165) is 56.7 Å². The Bertz CT molecular complexity index is 2170. The average Bonchev–Trinajstić information content (AvgIpc) is 3.58. The minimum Gasteiger partial charge on any atom is -0.456 e. The lowest BCUT2D eigenvalue weighted by molar-refractivity contribution is 0.496. The van der Waals surface area contributed by atoms with Crippen LogP contribution in [0, 0.1) is 5.92 Å². The molecule has 0 spiro atoms. The Morgan fingerprint density at radius 1 is 0.625 bits per heavy atom. The van der Waals surface area contributed by atoms with Crippen molar-refractivity contribution in [3.8, 4) is 0 Å². The maximum atomic E-state index is 6.45. The van der Waals surface area contributed by atoms with Crippen LogP contribution in [0.3, 0.4) is 0 Å². The molecule has 2 unspecified atom stereocenters. The SMILES string of the molecule is C1=CC2=C(c3ccccc3)c3ccccc3C(c3ccc4oc5ccc6c7ccccc7oc6c5c4c3)C2CC1. The zero-order chi connectivity index (χ0) is 26.2. The van der Waals surface area contributed by atoms with E-state index in [1.807, 2.05) is 12.1 Å². The van der Waals surface area contributed by atoms with Gasteiger partial charge in [-0.15, -0.1) is 0 Å². The van der Waals surface area contributed by atoms with E-state index in [2.05, 4.69) is 109 Å². The summed E-state index contributed by atoms with van der Waals surface area (Å²) in [4.78, 5) is 0. The number of hydrogen-bond donors (Lipinski definition) is 0. The van der Waals surface area contributed by atoms with Crippen molar-refractivity contribution >= 4 is 49.5 Å². The Kier molecular flexibility index (Phi) is 4.59. The fraction of sp³-hybridized carbons (Fsp3) is 0.105. The molecular weight excluding hydrogens is 488 g/mol. The number of rotatable bonds is 2. The normalized spacial score (nSPS) is 18.6. The standard InChI is InChI=1S/C38H26O2/c1-2-10-23(11-3-1)35-26-13-4-6-15-28(26)36(29-16-7-5-14-27(29)35)24-18-20-33-31(22-24)37-34(39-33)21-19-30-25-12-8-9-17-32(25)40-38(30)37/h1-6,8-15,17-22,29,36H,7,16H2. The Labute approximate surface area is 231 Å². The highest BCUT2D eigenvalue weighted by atomic mass is 16.3. The lowest BCUT2D eigenvalue weighted by Gasteiger charge is -2.38. The van der Waals surface area contributed by atoms with Crippen molar-refractivity contribution < 1.29 is 8.83 Å². The van der Waals surface area contributed by atoms with Crippen molar-refractivity contribution in [1.82, 2.24) is 0 Å². The Balaban J connectivity index is 1.30. The van der Waals surface area contributed by atoms with Gasteiger partial charge in [0.2, 0.25) is 0 Å². The summed E-state index contributed by atoms with van der Waals surface area (Å²) in [6.07, 6.45) is 6.98. The zero-order valence-corrected chi connectivity index (χ0v) is 21.9. The molecule has 2 aromatic heterocycles. The van der Waals surface area contributed by atoms with Gasteiger partial charge >= 0.3 is 0 Å². The largest absolute Gasteiger partial charge is 0.456 e. The van der Waals surface area contributed by atoms with Crippen molar-refractivity contribution in [2.24, 2.45) is 5.92 Å². The van der Waals surface area contributed by atoms with Crippen LogP contribution in [-0.2, 0) is 0 Å². The molecule has 2 heteroatoms. The molecule has 0 fully saturated rings. The summed E-state index contributed by atoms with van der Waals surface area (Å²) in [6.45, 7) is 0. The summed E-state index contributed by atoms with van der Waals surface area (Å²) in [5.41, 5.74) is 11.8. The van der Waals surface area contributed by atoms with Gasteiger partial charge in [0.25, 0.3) is 0 Å². The van der Waals surface area contributed by atoms with Crippen molar-refractivity contribution in [3.63, 3.8) is 0 Å². The second-order valence-electron chi connectivity index (χ2n) is 11.1. The predicted molar refractivity (Wildman–Crippen MR) is 164 cm³/mol. The lowest BCUT2D eigenvalue weighted by Crippen LogP contribution is -2.24. The van der Waals surface area contributed by atoms with Gasteiger partial charge in [0.1, 0.15) is 22.3 Å². The second kappa shape index (κ2) is 8.34. The fourth-order valence-corrected chi connectivity index (χ4v) is 7.34. The van der Waals surface area contributed by atoms with Crippen molar-refractivity contribution in [1.29, 1.82) is 0 Å². The lowest BCUT2D eigenvalue weighted by atomic mass is 9.65. The second-order valence-corrected chi connectivity index (χ2v) is 11.1. The van der Waals surface area contributed by atoms with E-state index >= 15 is 0 Å². The van der Waals surface area contributed by atoms with Crippen molar-refractivity contribution in [2.75, 3.05) is 0 Å². The van der Waals surface area contributed by atoms with Crippen LogP contribution in [0.5, 0.6) is 0 Å². The van der Waals surface area contributed by atoms with Crippen LogP contribution in [0.2, 0.25) is 0 Å². The van der Waals surface area contributed by atoms with Gasteiger partial charge in [-0.05, 0) is 82.5 Å². The average molecular weight is 515 g/mol. The highest BCUT2D eigenvalue weighted by molar-refractivity contribution is 6.22. The predicted octanol–water partition coefficient (Wildman–Crippen LogP) is 10.4. The van der Waals surface area contributed by atoms with Gasteiger partial charge in [0, 0.05) is 22.1 Å². The molecule has 0 bridgehead atoms. The van der Waals surface area contributed by atoms with Crippen LogP contribution >= 0.6 is 0 Å². The highest BCUT2D eigenvalue weighted by Gasteiger charge is 2.36. The molecule has 0 aliphatic heterocycles. The molecule has 0 amide bonds. The molecule has 0 saturated heterocycles. The van der Waals surface area contributed by atoms with Gasteiger partial charge in [-0.1, -0.05) is 91.0 Å². The quantitative estimate of drug-likeness (QED) is 0.229. The zero-order valence-electron chi connectivity index (χ0n) is 21.9. The number of benzene rings is 5. The van der Waals surface area contributed by atoms with Crippen LogP contribution < -0.4 is 0 Å². The van der Waals surface area contributed by atoms with E-state index in [1.54, 1.807) is 0 Å². The minimum atomic E-state index is 0.271. The summed E-state index contributed by atoms with van der Waals surface area (Å²) in [6, 6.07) is 39.2. The smallest absolute Gasteiger partial charge is 0.147 e. The maximum absolute atomic E-state index is 6.45. The van der Waals surface area contributed by atoms with E-state index in [0.29, 0.717) is 5.92 Å². The summed E-state index contributed by atoms with van der Waals surface area (Å²) < 4.78 is 12.8. The molecule has 0 N–H and O–H groups in total. The molecule has 190 valence electrons. The molecule has 0 radical (unpaired) electrons.